The monoisotopic (exact) mass is 216 g/mol. The van der Waals surface area contributed by atoms with Gasteiger partial charge in [-0.15, -0.1) is 0 Å². The van der Waals surface area contributed by atoms with Crippen LogP contribution in [0.2, 0.25) is 0 Å². The van der Waals surface area contributed by atoms with E-state index in [0.29, 0.717) is 19.5 Å². The van der Waals surface area contributed by atoms with Crippen LogP contribution in [-0.2, 0) is 4.74 Å². The first-order valence-electron chi connectivity index (χ1n) is 5.25. The predicted octanol–water partition coefficient (Wildman–Crippen LogP) is 0.234. The number of alkyl carbamates (subject to hydrolysis) is 1. The smallest absolute Gasteiger partial charge is 0.407 e. The Bertz CT molecular complexity index is 225. The molecule has 0 aliphatic carbocycles. The molecule has 3 N–H and O–H groups in total. The number of ether oxygens (including phenoxy) is 1. The molecule has 2 unspecified atom stereocenters. The summed E-state index contributed by atoms with van der Waals surface area (Å²) in [6.45, 7) is 6.73. The normalized spacial score (nSPS) is 27.2. The highest BCUT2D eigenvalue weighted by atomic mass is 16.6. The molecule has 15 heavy (non-hydrogen) atoms. The van der Waals surface area contributed by atoms with Crippen LogP contribution >= 0.6 is 0 Å². The summed E-state index contributed by atoms with van der Waals surface area (Å²) >= 11 is 0. The van der Waals surface area contributed by atoms with Crippen molar-refractivity contribution in [3.8, 4) is 0 Å². The van der Waals surface area contributed by atoms with Gasteiger partial charge in [0, 0.05) is 19.1 Å². The third kappa shape index (κ3) is 4.99. The van der Waals surface area contributed by atoms with Crippen molar-refractivity contribution in [3.05, 3.63) is 0 Å². The van der Waals surface area contributed by atoms with E-state index in [2.05, 4.69) is 10.6 Å². The molecule has 1 heterocycles. The molecule has 5 nitrogen and oxygen atoms in total. The molecule has 0 radical (unpaired) electrons. The Morgan fingerprint density at radius 3 is 2.67 bits per heavy atom. The van der Waals surface area contributed by atoms with Crippen molar-refractivity contribution in [3.63, 3.8) is 0 Å². The van der Waals surface area contributed by atoms with Gasteiger partial charge in [0.2, 0.25) is 0 Å². The Morgan fingerprint density at radius 1 is 1.47 bits per heavy atom. The molecule has 1 rings (SSSR count). The van der Waals surface area contributed by atoms with Gasteiger partial charge in [0.05, 0.1) is 6.10 Å². The van der Waals surface area contributed by atoms with E-state index in [-0.39, 0.29) is 6.04 Å². The maximum absolute atomic E-state index is 11.4. The molecule has 1 amide bonds. The van der Waals surface area contributed by atoms with Gasteiger partial charge in [-0.1, -0.05) is 0 Å². The van der Waals surface area contributed by atoms with Crippen LogP contribution in [0.4, 0.5) is 4.79 Å². The van der Waals surface area contributed by atoms with E-state index >= 15 is 0 Å². The Hall–Kier alpha value is -0.810. The molecule has 0 aromatic heterocycles. The first-order chi connectivity index (χ1) is 6.87. The van der Waals surface area contributed by atoms with Gasteiger partial charge in [-0.2, -0.15) is 0 Å². The van der Waals surface area contributed by atoms with E-state index in [4.69, 9.17) is 4.74 Å². The third-order valence-electron chi connectivity index (χ3n) is 2.05. The number of aliphatic hydroxyl groups excluding tert-OH is 1. The van der Waals surface area contributed by atoms with Crippen molar-refractivity contribution in [1.82, 2.24) is 10.6 Å². The fraction of sp³-hybridized carbons (Fsp3) is 0.900. The van der Waals surface area contributed by atoms with Gasteiger partial charge < -0.3 is 20.5 Å². The number of aliphatic hydroxyl groups is 1. The molecule has 1 aliphatic heterocycles. The topological polar surface area (TPSA) is 70.6 Å². The van der Waals surface area contributed by atoms with Crippen LogP contribution < -0.4 is 10.6 Å². The number of hydrogen-bond acceptors (Lipinski definition) is 4. The minimum absolute atomic E-state index is 0.0522. The fourth-order valence-corrected chi connectivity index (χ4v) is 1.50. The summed E-state index contributed by atoms with van der Waals surface area (Å²) in [4.78, 5) is 11.4. The number of β-amino-alcohol motifs (C(OH)–C–C–N with tert-alkyl or cyclic N) is 1. The first-order valence-corrected chi connectivity index (χ1v) is 5.25. The van der Waals surface area contributed by atoms with Crippen LogP contribution in [0.3, 0.4) is 0 Å². The quantitative estimate of drug-likeness (QED) is 0.587. The molecule has 1 saturated heterocycles. The SMILES string of the molecule is CC(C)(C)OC(=O)NC1CNCC(O)C1. The molecule has 0 spiro atoms. The Morgan fingerprint density at radius 2 is 2.13 bits per heavy atom. The summed E-state index contributed by atoms with van der Waals surface area (Å²) in [6.07, 6.45) is -0.242. The Kier molecular flexibility index (Phi) is 3.93. The van der Waals surface area contributed by atoms with Crippen molar-refractivity contribution in [1.29, 1.82) is 0 Å². The second-order valence-corrected chi connectivity index (χ2v) is 4.89. The van der Waals surface area contributed by atoms with Gasteiger partial charge >= 0.3 is 6.09 Å². The van der Waals surface area contributed by atoms with Crippen molar-refractivity contribution in [2.75, 3.05) is 13.1 Å². The second kappa shape index (κ2) is 4.81. The van der Waals surface area contributed by atoms with Gasteiger partial charge in [-0.25, -0.2) is 4.79 Å². The lowest BCUT2D eigenvalue weighted by Crippen LogP contribution is -2.51. The molecular weight excluding hydrogens is 196 g/mol. The van der Waals surface area contributed by atoms with Crippen LogP contribution in [-0.4, -0.2) is 42.0 Å². The average molecular weight is 216 g/mol. The van der Waals surface area contributed by atoms with E-state index < -0.39 is 17.8 Å². The van der Waals surface area contributed by atoms with Gasteiger partial charge in [0.15, 0.2) is 0 Å². The van der Waals surface area contributed by atoms with Crippen LogP contribution in [0.15, 0.2) is 0 Å². The molecular formula is C10H20N2O3. The minimum atomic E-state index is -0.481. The zero-order valence-electron chi connectivity index (χ0n) is 9.54. The van der Waals surface area contributed by atoms with Crippen LogP contribution in [0, 0.1) is 0 Å². The highest BCUT2D eigenvalue weighted by Crippen LogP contribution is 2.08. The van der Waals surface area contributed by atoms with E-state index in [1.165, 1.54) is 0 Å². The molecule has 1 aliphatic rings. The van der Waals surface area contributed by atoms with Crippen LogP contribution in [0.5, 0.6) is 0 Å². The minimum Gasteiger partial charge on any atom is -0.444 e. The lowest BCUT2D eigenvalue weighted by atomic mass is 10.1. The van der Waals surface area contributed by atoms with Crippen molar-refractivity contribution in [2.45, 2.75) is 44.9 Å². The average Bonchev–Trinajstić information content (AvgIpc) is 1.99. The molecule has 0 saturated carbocycles. The summed E-state index contributed by atoms with van der Waals surface area (Å²) < 4.78 is 5.12. The number of hydrogen-bond donors (Lipinski definition) is 3. The zero-order chi connectivity index (χ0) is 11.5. The summed E-state index contributed by atoms with van der Waals surface area (Å²) in [7, 11) is 0. The first kappa shape index (κ1) is 12.3. The van der Waals surface area contributed by atoms with Gasteiger partial charge in [0.25, 0.3) is 0 Å². The highest BCUT2D eigenvalue weighted by molar-refractivity contribution is 5.68. The maximum Gasteiger partial charge on any atom is 0.407 e. The van der Waals surface area contributed by atoms with Gasteiger partial charge in [-0.3, -0.25) is 0 Å². The molecule has 1 fully saturated rings. The largest absolute Gasteiger partial charge is 0.444 e. The number of carbonyl (C=O) groups excluding carboxylic acids is 1. The van der Waals surface area contributed by atoms with Crippen molar-refractivity contribution >= 4 is 6.09 Å². The molecule has 0 aromatic carbocycles. The Balaban J connectivity index is 2.31. The summed E-state index contributed by atoms with van der Waals surface area (Å²) in [5.74, 6) is 0. The Labute approximate surface area is 90.2 Å². The summed E-state index contributed by atoms with van der Waals surface area (Å²) in [6, 6.07) is -0.0522. The molecule has 88 valence electrons. The summed E-state index contributed by atoms with van der Waals surface area (Å²) in [5.41, 5.74) is -0.481. The molecule has 0 bridgehead atoms. The fourth-order valence-electron chi connectivity index (χ4n) is 1.50. The number of nitrogens with one attached hydrogen (secondary N) is 2. The van der Waals surface area contributed by atoms with E-state index in [9.17, 15) is 9.90 Å². The number of carbonyl (C=O) groups is 1. The summed E-state index contributed by atoms with van der Waals surface area (Å²) in [5, 5.41) is 15.1. The number of piperidine rings is 1. The van der Waals surface area contributed by atoms with Crippen LogP contribution in [0.25, 0.3) is 0 Å². The third-order valence-corrected chi connectivity index (χ3v) is 2.05. The van der Waals surface area contributed by atoms with Crippen LogP contribution in [0.1, 0.15) is 27.2 Å². The molecule has 0 aromatic rings. The van der Waals surface area contributed by atoms with Crippen molar-refractivity contribution in [2.24, 2.45) is 0 Å². The van der Waals surface area contributed by atoms with E-state index in [1.807, 2.05) is 20.8 Å². The zero-order valence-corrected chi connectivity index (χ0v) is 9.54. The van der Waals surface area contributed by atoms with Gasteiger partial charge in [-0.05, 0) is 27.2 Å². The lowest BCUT2D eigenvalue weighted by molar-refractivity contribution is 0.0463. The van der Waals surface area contributed by atoms with Crippen molar-refractivity contribution < 1.29 is 14.6 Å². The number of rotatable bonds is 1. The van der Waals surface area contributed by atoms with E-state index in [1.54, 1.807) is 0 Å². The van der Waals surface area contributed by atoms with E-state index in [0.717, 1.165) is 0 Å². The maximum atomic E-state index is 11.4. The second-order valence-electron chi connectivity index (χ2n) is 4.89. The standard InChI is InChI=1S/C10H20N2O3/c1-10(2,3)15-9(14)12-7-4-8(13)6-11-5-7/h7-8,11,13H,4-6H2,1-3H3,(H,12,14). The van der Waals surface area contributed by atoms with Gasteiger partial charge in [0.1, 0.15) is 5.60 Å². The number of amides is 1. The molecule has 2 atom stereocenters. The predicted molar refractivity (Wildman–Crippen MR) is 56.7 cm³/mol. The highest BCUT2D eigenvalue weighted by Gasteiger charge is 2.23. The molecule has 5 heteroatoms. The lowest BCUT2D eigenvalue weighted by Gasteiger charge is -2.28.